The van der Waals surface area contributed by atoms with Crippen LogP contribution in [0.4, 0.5) is 11.4 Å². The molecule has 0 unspecified atom stereocenters. The van der Waals surface area contributed by atoms with Gasteiger partial charge < -0.3 is 10.2 Å². The number of hydrogen-bond acceptors (Lipinski definition) is 4. The maximum absolute atomic E-state index is 11.9. The summed E-state index contributed by atoms with van der Waals surface area (Å²) in [6.07, 6.45) is 4.31. The van der Waals surface area contributed by atoms with Crippen LogP contribution in [0.5, 0.6) is 0 Å². The molecule has 1 heterocycles. The number of nitrogens with zero attached hydrogens (tertiary/aromatic N) is 1. The van der Waals surface area contributed by atoms with Crippen LogP contribution in [0.2, 0.25) is 0 Å². The Bertz CT molecular complexity index is 548. The molecule has 4 heteroatoms. The Morgan fingerprint density at radius 1 is 1.19 bits per heavy atom. The van der Waals surface area contributed by atoms with E-state index in [0.717, 1.165) is 51.2 Å². The second-order valence-electron chi connectivity index (χ2n) is 7.64. The molecule has 0 aromatic heterocycles. The van der Waals surface area contributed by atoms with E-state index in [9.17, 15) is 9.59 Å². The summed E-state index contributed by atoms with van der Waals surface area (Å²) in [5.74, 6) is 0.718. The van der Waals surface area contributed by atoms with Crippen molar-refractivity contribution < 1.29 is 1.43 Å². The second-order valence-corrected chi connectivity index (χ2v) is 7.64. The summed E-state index contributed by atoms with van der Waals surface area (Å²) in [7, 11) is 0. The van der Waals surface area contributed by atoms with Crippen LogP contribution in [0.1, 0.15) is 54.8 Å². The van der Waals surface area contributed by atoms with E-state index in [0.29, 0.717) is 16.8 Å². The smallest absolute Gasteiger partial charge is 0.253 e. The molecule has 120 valence electrons. The van der Waals surface area contributed by atoms with Crippen LogP contribution in [-0.2, 0) is 0 Å². The molecule has 0 bridgehead atoms. The van der Waals surface area contributed by atoms with E-state index in [1.165, 1.54) is 0 Å². The lowest BCUT2D eigenvalue weighted by Crippen LogP contribution is -2.45. The molecule has 21 heavy (non-hydrogen) atoms. The molecule has 0 saturated carbocycles. The third-order valence-corrected chi connectivity index (χ3v) is 4.39. The van der Waals surface area contributed by atoms with E-state index >= 15 is 0 Å². The fraction of sp³-hybridized carbons (Fsp3) is 0.765. The maximum Gasteiger partial charge on any atom is 0.253 e. The Balaban J connectivity index is 0.00000242. The van der Waals surface area contributed by atoms with E-state index < -0.39 is 0 Å². The van der Waals surface area contributed by atoms with Crippen molar-refractivity contribution in [2.45, 2.75) is 53.4 Å². The van der Waals surface area contributed by atoms with Gasteiger partial charge in [0.25, 0.3) is 10.9 Å². The predicted octanol–water partition coefficient (Wildman–Crippen LogP) is 3.00. The zero-order chi connectivity index (χ0) is 15.6. The number of nitrogens with one attached hydrogen (secondary N) is 1. The predicted molar refractivity (Wildman–Crippen MR) is 91.3 cm³/mol. The van der Waals surface area contributed by atoms with Crippen LogP contribution in [-0.4, -0.2) is 19.6 Å². The minimum Gasteiger partial charge on any atom is -0.380 e. The first-order valence-electron chi connectivity index (χ1n) is 8.12. The molecular weight excluding hydrogens is 264 g/mol. The highest BCUT2D eigenvalue weighted by molar-refractivity contribution is 5.75. The van der Waals surface area contributed by atoms with Crippen molar-refractivity contribution >= 4 is 11.4 Å². The standard InChI is InChI=1S/C17H28N2O2.H2/c1-12-6-10-19(11-7-12)14-13(15(20)16(14)21)18-9-5-8-17(2,3)4;/h12,18H,5-11H2,1-4H3;1H. The summed E-state index contributed by atoms with van der Waals surface area (Å²) in [6, 6.07) is 0. The first kappa shape index (κ1) is 16.1. The topological polar surface area (TPSA) is 49.4 Å². The molecule has 2 rings (SSSR count). The van der Waals surface area contributed by atoms with Crippen molar-refractivity contribution in [2.75, 3.05) is 29.9 Å². The molecule has 0 aliphatic carbocycles. The van der Waals surface area contributed by atoms with Crippen molar-refractivity contribution in [3.63, 3.8) is 0 Å². The van der Waals surface area contributed by atoms with E-state index in [4.69, 9.17) is 0 Å². The summed E-state index contributed by atoms with van der Waals surface area (Å²) in [6.45, 7) is 11.4. The lowest BCUT2D eigenvalue weighted by molar-refractivity contribution is 0.370. The minimum atomic E-state index is -0.334. The van der Waals surface area contributed by atoms with Crippen molar-refractivity contribution in [1.82, 2.24) is 0 Å². The van der Waals surface area contributed by atoms with Gasteiger partial charge in [-0.15, -0.1) is 0 Å². The monoisotopic (exact) mass is 294 g/mol. The lowest BCUT2D eigenvalue weighted by atomic mass is 9.90. The van der Waals surface area contributed by atoms with Crippen LogP contribution in [0.3, 0.4) is 0 Å². The van der Waals surface area contributed by atoms with Gasteiger partial charge >= 0.3 is 0 Å². The highest BCUT2D eigenvalue weighted by Crippen LogP contribution is 2.26. The molecule has 1 aromatic rings. The quantitative estimate of drug-likeness (QED) is 0.670. The molecule has 0 spiro atoms. The average molecular weight is 294 g/mol. The van der Waals surface area contributed by atoms with Gasteiger partial charge in [-0.1, -0.05) is 27.7 Å². The normalized spacial score (nSPS) is 17.4. The van der Waals surface area contributed by atoms with E-state index in [-0.39, 0.29) is 12.3 Å². The summed E-state index contributed by atoms with van der Waals surface area (Å²) in [5, 5.41) is 3.20. The first-order chi connectivity index (χ1) is 9.79. The summed E-state index contributed by atoms with van der Waals surface area (Å²) >= 11 is 0. The highest BCUT2D eigenvalue weighted by Gasteiger charge is 2.28. The van der Waals surface area contributed by atoms with E-state index in [1.54, 1.807) is 0 Å². The van der Waals surface area contributed by atoms with Crippen LogP contribution in [0, 0.1) is 11.3 Å². The van der Waals surface area contributed by atoms with Gasteiger partial charge in [-0.3, -0.25) is 9.59 Å². The van der Waals surface area contributed by atoms with E-state index in [1.807, 2.05) is 0 Å². The fourth-order valence-electron chi connectivity index (χ4n) is 2.91. The molecule has 0 amide bonds. The van der Waals surface area contributed by atoms with Gasteiger partial charge in [0.2, 0.25) is 0 Å². The van der Waals surface area contributed by atoms with Gasteiger partial charge in [0.05, 0.1) is 0 Å². The van der Waals surface area contributed by atoms with Crippen molar-refractivity contribution in [3.05, 3.63) is 20.4 Å². The highest BCUT2D eigenvalue weighted by atomic mass is 16.2. The van der Waals surface area contributed by atoms with Gasteiger partial charge in [-0.05, 0) is 37.0 Å². The van der Waals surface area contributed by atoms with Crippen LogP contribution >= 0.6 is 0 Å². The summed E-state index contributed by atoms with van der Waals surface area (Å²) in [5.41, 5.74) is 0.870. The number of piperidine rings is 1. The molecule has 4 nitrogen and oxygen atoms in total. The molecule has 1 aliphatic heterocycles. The molecule has 1 fully saturated rings. The Kier molecular flexibility index (Phi) is 4.74. The van der Waals surface area contributed by atoms with E-state index in [2.05, 4.69) is 37.9 Å². The molecular formula is C17H30N2O2. The minimum absolute atomic E-state index is 0. The summed E-state index contributed by atoms with van der Waals surface area (Å²) in [4.78, 5) is 25.7. The van der Waals surface area contributed by atoms with Gasteiger partial charge in [-0.25, -0.2) is 0 Å². The molecule has 1 aliphatic rings. The largest absolute Gasteiger partial charge is 0.380 e. The number of rotatable bonds is 5. The molecule has 0 radical (unpaired) electrons. The number of hydrogen-bond donors (Lipinski definition) is 1. The van der Waals surface area contributed by atoms with Gasteiger partial charge in [0, 0.05) is 21.1 Å². The SMILES string of the molecule is CC1CCN(c2c(NCCCC(C)(C)C)c(=O)c2=O)CC1.[HH]. The van der Waals surface area contributed by atoms with Gasteiger partial charge in [0.1, 0.15) is 11.4 Å². The third kappa shape index (κ3) is 3.86. The molecule has 1 N–H and O–H groups in total. The van der Waals surface area contributed by atoms with Crippen LogP contribution < -0.4 is 21.1 Å². The van der Waals surface area contributed by atoms with Gasteiger partial charge in [-0.2, -0.15) is 0 Å². The van der Waals surface area contributed by atoms with Crippen LogP contribution in [0.15, 0.2) is 9.59 Å². The number of anilines is 2. The molecule has 0 atom stereocenters. The Morgan fingerprint density at radius 2 is 1.81 bits per heavy atom. The Hall–Kier alpha value is -1.32. The molecule has 1 saturated heterocycles. The zero-order valence-electron chi connectivity index (χ0n) is 13.8. The van der Waals surface area contributed by atoms with Gasteiger partial charge in [0.15, 0.2) is 0 Å². The summed E-state index contributed by atoms with van der Waals surface area (Å²) < 4.78 is 0. The fourth-order valence-corrected chi connectivity index (χ4v) is 2.91. The lowest BCUT2D eigenvalue weighted by Gasteiger charge is -2.33. The first-order valence-corrected chi connectivity index (χ1v) is 8.12. The Morgan fingerprint density at radius 3 is 2.38 bits per heavy atom. The van der Waals surface area contributed by atoms with Crippen molar-refractivity contribution in [2.24, 2.45) is 11.3 Å². The third-order valence-electron chi connectivity index (χ3n) is 4.39. The zero-order valence-corrected chi connectivity index (χ0v) is 13.8. The average Bonchev–Trinajstić information content (AvgIpc) is 2.42. The van der Waals surface area contributed by atoms with Crippen molar-refractivity contribution in [1.29, 1.82) is 0 Å². The van der Waals surface area contributed by atoms with Crippen LogP contribution in [0.25, 0.3) is 0 Å². The van der Waals surface area contributed by atoms with Crippen molar-refractivity contribution in [3.8, 4) is 0 Å². The molecule has 1 aromatic carbocycles. The second kappa shape index (κ2) is 6.20. The maximum atomic E-state index is 11.9. The Labute approximate surface area is 128 Å².